The number of hydrogen-bond donors (Lipinski definition) is 1. The summed E-state index contributed by atoms with van der Waals surface area (Å²) in [5, 5.41) is 10.5. The van der Waals surface area contributed by atoms with E-state index in [0.717, 1.165) is 29.7 Å². The lowest BCUT2D eigenvalue weighted by molar-refractivity contribution is 0.101. The summed E-state index contributed by atoms with van der Waals surface area (Å²) in [4.78, 5) is 0. The lowest BCUT2D eigenvalue weighted by Gasteiger charge is -2.22. The summed E-state index contributed by atoms with van der Waals surface area (Å²) in [5.41, 5.74) is 0.538. The molecule has 0 amide bonds. The largest absolute Gasteiger partial charge is 0.490 e. The predicted octanol–water partition coefficient (Wildman–Crippen LogP) is 3.08. The zero-order valence-corrected chi connectivity index (χ0v) is 10.3. The molecule has 0 bridgehead atoms. The van der Waals surface area contributed by atoms with Gasteiger partial charge in [0.25, 0.3) is 0 Å². The molecule has 0 saturated heterocycles. The van der Waals surface area contributed by atoms with Gasteiger partial charge in [-0.1, -0.05) is 12.1 Å². The molecule has 3 heteroatoms. The average Bonchev–Trinajstić information content (AvgIpc) is 2.99. The molecule has 94 valence electrons. The maximum absolute atomic E-state index is 10.5. The number of rotatable bonds is 4. The normalized spacial score (nSPS) is 18.3. The van der Waals surface area contributed by atoms with Gasteiger partial charge >= 0.3 is 0 Å². The average molecular weight is 244 g/mol. The molecule has 1 saturated carbocycles. The third kappa shape index (κ3) is 2.14. The summed E-state index contributed by atoms with van der Waals surface area (Å²) in [5.74, 6) is 0.865. The minimum atomic E-state index is -1.04. The number of ether oxygens (including phenoxy) is 1. The first kappa shape index (κ1) is 11.4. The summed E-state index contributed by atoms with van der Waals surface area (Å²) in [6.45, 7) is 1.76. The summed E-state index contributed by atoms with van der Waals surface area (Å²) in [7, 11) is 0. The van der Waals surface area contributed by atoms with Crippen LogP contribution in [0.1, 0.15) is 30.9 Å². The summed E-state index contributed by atoms with van der Waals surface area (Å²) < 4.78 is 10.7. The van der Waals surface area contributed by atoms with Crippen molar-refractivity contribution in [1.29, 1.82) is 0 Å². The third-order valence-corrected chi connectivity index (χ3v) is 3.33. The fraction of sp³-hybridized carbons (Fsp3) is 0.333. The number of hydrogen-bond acceptors (Lipinski definition) is 3. The number of furan rings is 1. The van der Waals surface area contributed by atoms with Crippen LogP contribution in [0.25, 0.3) is 0 Å². The van der Waals surface area contributed by atoms with E-state index >= 15 is 0 Å². The molecule has 2 aromatic rings. The van der Waals surface area contributed by atoms with E-state index in [1.807, 2.05) is 24.3 Å². The fourth-order valence-electron chi connectivity index (χ4n) is 1.94. The van der Waals surface area contributed by atoms with Crippen LogP contribution in [0, 0.1) is 0 Å². The van der Waals surface area contributed by atoms with Gasteiger partial charge < -0.3 is 14.3 Å². The molecular formula is C15H16O3. The molecule has 3 nitrogen and oxygen atoms in total. The quantitative estimate of drug-likeness (QED) is 0.898. The van der Waals surface area contributed by atoms with Crippen molar-refractivity contribution in [2.45, 2.75) is 31.5 Å². The molecule has 1 aromatic carbocycles. The van der Waals surface area contributed by atoms with Crippen molar-refractivity contribution in [2.75, 3.05) is 0 Å². The first-order valence-corrected chi connectivity index (χ1v) is 6.18. The molecule has 3 rings (SSSR count). The van der Waals surface area contributed by atoms with Crippen molar-refractivity contribution in [2.24, 2.45) is 0 Å². The van der Waals surface area contributed by atoms with Crippen molar-refractivity contribution in [3.05, 3.63) is 54.0 Å². The summed E-state index contributed by atoms with van der Waals surface area (Å²) in [6.07, 6.45) is 5.82. The molecule has 1 aliphatic rings. The van der Waals surface area contributed by atoms with Crippen molar-refractivity contribution in [3.63, 3.8) is 0 Å². The van der Waals surface area contributed by atoms with E-state index in [1.165, 1.54) is 0 Å². The van der Waals surface area contributed by atoms with Crippen molar-refractivity contribution < 1.29 is 14.3 Å². The van der Waals surface area contributed by atoms with Crippen LogP contribution in [0.2, 0.25) is 0 Å². The Morgan fingerprint density at radius 2 is 1.89 bits per heavy atom. The number of benzene rings is 1. The monoisotopic (exact) mass is 244 g/mol. The minimum Gasteiger partial charge on any atom is -0.490 e. The third-order valence-electron chi connectivity index (χ3n) is 3.33. The van der Waals surface area contributed by atoms with Crippen LogP contribution in [0.3, 0.4) is 0 Å². The van der Waals surface area contributed by atoms with Crippen molar-refractivity contribution in [1.82, 2.24) is 0 Å². The van der Waals surface area contributed by atoms with Crippen LogP contribution >= 0.6 is 0 Å². The topological polar surface area (TPSA) is 42.6 Å². The van der Waals surface area contributed by atoms with Gasteiger partial charge in [-0.2, -0.15) is 0 Å². The second kappa shape index (κ2) is 4.18. The Morgan fingerprint density at radius 1 is 1.17 bits per heavy atom. The Kier molecular flexibility index (Phi) is 2.63. The maximum atomic E-state index is 10.5. The highest BCUT2D eigenvalue weighted by Crippen LogP contribution is 2.32. The van der Waals surface area contributed by atoms with Gasteiger partial charge in [-0.05, 0) is 43.5 Å². The van der Waals surface area contributed by atoms with Crippen LogP contribution in [-0.2, 0) is 5.60 Å². The van der Waals surface area contributed by atoms with Crippen LogP contribution in [-0.4, -0.2) is 11.2 Å². The van der Waals surface area contributed by atoms with E-state index in [4.69, 9.17) is 9.15 Å². The van der Waals surface area contributed by atoms with E-state index < -0.39 is 5.60 Å². The van der Waals surface area contributed by atoms with Crippen LogP contribution in [0.4, 0.5) is 0 Å². The molecule has 0 radical (unpaired) electrons. The van der Waals surface area contributed by atoms with Gasteiger partial charge in [0.2, 0.25) is 0 Å². The Hall–Kier alpha value is -1.74. The highest BCUT2D eigenvalue weighted by atomic mass is 16.5. The van der Waals surface area contributed by atoms with Gasteiger partial charge in [-0.15, -0.1) is 0 Å². The summed E-state index contributed by atoms with van der Waals surface area (Å²) >= 11 is 0. The fourth-order valence-corrected chi connectivity index (χ4v) is 1.94. The Balaban J connectivity index is 1.82. The second-order valence-electron chi connectivity index (χ2n) is 4.93. The molecule has 1 unspecified atom stereocenters. The van der Waals surface area contributed by atoms with Crippen LogP contribution < -0.4 is 4.74 Å². The Bertz CT molecular complexity index is 507. The molecule has 0 aliphatic heterocycles. The molecule has 1 aromatic heterocycles. The van der Waals surface area contributed by atoms with Crippen molar-refractivity contribution in [3.8, 4) is 5.75 Å². The molecule has 0 spiro atoms. The van der Waals surface area contributed by atoms with Gasteiger partial charge in [-0.25, -0.2) is 0 Å². The van der Waals surface area contributed by atoms with Gasteiger partial charge in [-0.3, -0.25) is 0 Å². The zero-order valence-electron chi connectivity index (χ0n) is 10.3. The van der Waals surface area contributed by atoms with E-state index in [2.05, 4.69) is 0 Å². The SMILES string of the molecule is CC(O)(c1ccc(OC2CC2)cc1)c1ccoc1. The standard InChI is InChI=1S/C15H16O3/c1-15(16,12-8-9-17-10-12)11-2-4-13(5-3-11)18-14-6-7-14/h2-5,8-10,14,16H,6-7H2,1H3. The molecule has 1 fully saturated rings. The van der Waals surface area contributed by atoms with Gasteiger partial charge in [0, 0.05) is 5.56 Å². The summed E-state index contributed by atoms with van der Waals surface area (Å²) in [6, 6.07) is 9.37. The highest BCUT2D eigenvalue weighted by molar-refractivity contribution is 5.36. The second-order valence-corrected chi connectivity index (χ2v) is 4.93. The predicted molar refractivity (Wildman–Crippen MR) is 67.5 cm³/mol. The highest BCUT2D eigenvalue weighted by Gasteiger charge is 2.27. The molecule has 1 atom stereocenters. The van der Waals surface area contributed by atoms with E-state index in [1.54, 1.807) is 25.5 Å². The van der Waals surface area contributed by atoms with E-state index in [-0.39, 0.29) is 0 Å². The van der Waals surface area contributed by atoms with Gasteiger partial charge in [0.1, 0.15) is 11.4 Å². The molecule has 18 heavy (non-hydrogen) atoms. The van der Waals surface area contributed by atoms with Gasteiger partial charge in [0.05, 0.1) is 18.6 Å². The van der Waals surface area contributed by atoms with Crippen LogP contribution in [0.15, 0.2) is 47.3 Å². The van der Waals surface area contributed by atoms with Gasteiger partial charge in [0.15, 0.2) is 0 Å². The molecular weight excluding hydrogens is 228 g/mol. The number of aliphatic hydroxyl groups is 1. The first-order chi connectivity index (χ1) is 8.66. The maximum Gasteiger partial charge on any atom is 0.119 e. The molecule has 1 N–H and O–H groups in total. The lowest BCUT2D eigenvalue weighted by Crippen LogP contribution is -2.21. The zero-order chi connectivity index (χ0) is 12.6. The van der Waals surface area contributed by atoms with E-state index in [9.17, 15) is 5.11 Å². The van der Waals surface area contributed by atoms with Crippen molar-refractivity contribution >= 4 is 0 Å². The minimum absolute atomic E-state index is 0.394. The van der Waals surface area contributed by atoms with E-state index in [0.29, 0.717) is 6.10 Å². The first-order valence-electron chi connectivity index (χ1n) is 6.18. The lowest BCUT2D eigenvalue weighted by atomic mass is 9.90. The Morgan fingerprint density at radius 3 is 2.44 bits per heavy atom. The molecule has 1 aliphatic carbocycles. The van der Waals surface area contributed by atoms with Crippen LogP contribution in [0.5, 0.6) is 5.75 Å². The molecule has 1 heterocycles. The Labute approximate surface area is 106 Å². The smallest absolute Gasteiger partial charge is 0.119 e.